The highest BCUT2D eigenvalue weighted by Gasteiger charge is 1.99. The molecule has 0 bridgehead atoms. The Balaban J connectivity index is 0. The van der Waals surface area contributed by atoms with Gasteiger partial charge in [0.15, 0.2) is 0 Å². The van der Waals surface area contributed by atoms with Gasteiger partial charge in [-0.3, -0.25) is 19.2 Å². The van der Waals surface area contributed by atoms with Gasteiger partial charge in [0, 0.05) is 25.7 Å². The van der Waals surface area contributed by atoms with Gasteiger partial charge in [0.05, 0.1) is 0 Å². The topological polar surface area (TPSA) is 149 Å². The van der Waals surface area contributed by atoms with Crippen LogP contribution in [-0.2, 0) is 19.2 Å². The third kappa shape index (κ3) is 37.2. The van der Waals surface area contributed by atoms with Crippen molar-refractivity contribution in [1.82, 2.24) is 0 Å². The number of carboxylic acid groups (broad SMARTS) is 4. The van der Waals surface area contributed by atoms with Gasteiger partial charge >= 0.3 is 23.9 Å². The molecule has 8 heteroatoms. The predicted octanol–water partition coefficient (Wildman–Crippen LogP) is 6.89. The standard InChI is InChI=1S/2C13H24O4/c2*14-12(15)10-8-6-4-2-1-3-5-7-9-11-13(16)17/h2*1-11H2,(H,14,15)(H,16,17). The van der Waals surface area contributed by atoms with Gasteiger partial charge in [-0.05, 0) is 25.7 Å². The maximum atomic E-state index is 10.2. The smallest absolute Gasteiger partial charge is 0.303 e. The summed E-state index contributed by atoms with van der Waals surface area (Å²) in [7, 11) is 0. The van der Waals surface area contributed by atoms with Crippen LogP contribution in [0.5, 0.6) is 0 Å². The van der Waals surface area contributed by atoms with Crippen LogP contribution in [0.3, 0.4) is 0 Å². The minimum absolute atomic E-state index is 0.287. The molecule has 34 heavy (non-hydrogen) atoms. The summed E-state index contributed by atoms with van der Waals surface area (Å²) in [5, 5.41) is 33.7. The van der Waals surface area contributed by atoms with Crippen LogP contribution in [-0.4, -0.2) is 44.3 Å². The third-order valence-corrected chi connectivity index (χ3v) is 5.56. The Morgan fingerprint density at radius 1 is 0.265 bits per heavy atom. The van der Waals surface area contributed by atoms with Gasteiger partial charge < -0.3 is 20.4 Å². The molecule has 0 rings (SSSR count). The molecule has 0 fully saturated rings. The lowest BCUT2D eigenvalue weighted by Crippen LogP contribution is -1.94. The van der Waals surface area contributed by atoms with E-state index in [1.807, 2.05) is 0 Å². The van der Waals surface area contributed by atoms with Crippen LogP contribution in [0.4, 0.5) is 0 Å². The molecule has 0 spiro atoms. The van der Waals surface area contributed by atoms with Crippen LogP contribution in [0, 0.1) is 0 Å². The molecule has 0 aliphatic heterocycles. The second-order valence-corrected chi connectivity index (χ2v) is 8.94. The zero-order valence-corrected chi connectivity index (χ0v) is 21.0. The van der Waals surface area contributed by atoms with Crippen molar-refractivity contribution >= 4 is 23.9 Å². The SMILES string of the molecule is O=C(O)CCCCCCCCCCCC(=O)O.O=C(O)CCCCCCCCCCCC(=O)O. The first-order valence-electron chi connectivity index (χ1n) is 13.1. The number of carbonyl (C=O) groups is 4. The summed E-state index contributed by atoms with van der Waals surface area (Å²) < 4.78 is 0. The molecular weight excluding hydrogens is 440 g/mol. The molecule has 0 saturated heterocycles. The van der Waals surface area contributed by atoms with Crippen LogP contribution in [0.25, 0.3) is 0 Å². The van der Waals surface area contributed by atoms with E-state index in [0.29, 0.717) is 0 Å². The molecule has 0 aliphatic carbocycles. The largest absolute Gasteiger partial charge is 0.481 e. The fourth-order valence-corrected chi connectivity index (χ4v) is 3.58. The van der Waals surface area contributed by atoms with Crippen molar-refractivity contribution < 1.29 is 39.6 Å². The summed E-state index contributed by atoms with van der Waals surface area (Å²) in [5.41, 5.74) is 0. The molecule has 0 aromatic carbocycles. The summed E-state index contributed by atoms with van der Waals surface area (Å²) in [4.78, 5) is 41.0. The maximum absolute atomic E-state index is 10.2. The Bertz CT molecular complexity index is 429. The van der Waals surface area contributed by atoms with Gasteiger partial charge in [-0.15, -0.1) is 0 Å². The van der Waals surface area contributed by atoms with Crippen LogP contribution in [0.1, 0.15) is 141 Å². The number of carboxylic acids is 4. The van der Waals surface area contributed by atoms with Crippen molar-refractivity contribution in [3.8, 4) is 0 Å². The average molecular weight is 489 g/mol. The van der Waals surface area contributed by atoms with E-state index in [1.54, 1.807) is 0 Å². The summed E-state index contributed by atoms with van der Waals surface area (Å²) >= 11 is 0. The molecule has 0 heterocycles. The van der Waals surface area contributed by atoms with Gasteiger partial charge in [0.25, 0.3) is 0 Å². The molecule has 0 aromatic rings. The molecule has 8 nitrogen and oxygen atoms in total. The van der Waals surface area contributed by atoms with E-state index in [1.165, 1.54) is 38.5 Å². The van der Waals surface area contributed by atoms with E-state index in [0.717, 1.165) is 77.0 Å². The zero-order chi connectivity index (χ0) is 25.9. The molecule has 0 aliphatic rings. The third-order valence-electron chi connectivity index (χ3n) is 5.56. The predicted molar refractivity (Wildman–Crippen MR) is 132 cm³/mol. The molecule has 200 valence electrons. The lowest BCUT2D eigenvalue weighted by molar-refractivity contribution is -0.138. The van der Waals surface area contributed by atoms with Gasteiger partial charge in [0.2, 0.25) is 0 Å². The first kappa shape index (κ1) is 34.0. The summed E-state index contributed by atoms with van der Waals surface area (Å²) in [5.74, 6) is -2.82. The quantitative estimate of drug-likeness (QED) is 0.107. The highest BCUT2D eigenvalue weighted by Crippen LogP contribution is 2.12. The van der Waals surface area contributed by atoms with Crippen molar-refractivity contribution in [3.05, 3.63) is 0 Å². The Hall–Kier alpha value is -2.12. The fraction of sp³-hybridized carbons (Fsp3) is 0.846. The molecule has 0 amide bonds. The first-order chi connectivity index (χ1) is 16.3. The maximum Gasteiger partial charge on any atom is 0.303 e. The molecule has 0 radical (unpaired) electrons. The Labute approximate surface area is 205 Å². The Morgan fingerprint density at radius 2 is 0.382 bits per heavy atom. The van der Waals surface area contributed by atoms with Crippen LogP contribution >= 0.6 is 0 Å². The van der Waals surface area contributed by atoms with Crippen molar-refractivity contribution in [2.45, 2.75) is 141 Å². The van der Waals surface area contributed by atoms with Crippen LogP contribution in [0.15, 0.2) is 0 Å². The number of hydrogen-bond acceptors (Lipinski definition) is 4. The lowest BCUT2D eigenvalue weighted by Gasteiger charge is -2.01. The fourth-order valence-electron chi connectivity index (χ4n) is 3.58. The molecule has 4 N–H and O–H groups in total. The average Bonchev–Trinajstić information content (AvgIpc) is 2.75. The normalized spacial score (nSPS) is 10.4. The van der Waals surface area contributed by atoms with E-state index in [4.69, 9.17) is 20.4 Å². The summed E-state index contributed by atoms with van der Waals surface area (Å²) in [6.07, 6.45) is 19.8. The van der Waals surface area contributed by atoms with E-state index in [-0.39, 0.29) is 25.7 Å². The highest BCUT2D eigenvalue weighted by molar-refractivity contribution is 5.67. The van der Waals surface area contributed by atoms with E-state index >= 15 is 0 Å². The summed E-state index contributed by atoms with van der Waals surface area (Å²) in [6.45, 7) is 0. The van der Waals surface area contributed by atoms with Crippen LogP contribution in [0.2, 0.25) is 0 Å². The summed E-state index contributed by atoms with van der Waals surface area (Å²) in [6, 6.07) is 0. The second kappa shape index (κ2) is 27.1. The molecule has 0 atom stereocenters. The van der Waals surface area contributed by atoms with Crippen molar-refractivity contribution in [3.63, 3.8) is 0 Å². The minimum atomic E-state index is -0.705. The van der Waals surface area contributed by atoms with Crippen LogP contribution < -0.4 is 0 Å². The van der Waals surface area contributed by atoms with E-state index in [9.17, 15) is 19.2 Å². The van der Waals surface area contributed by atoms with E-state index in [2.05, 4.69) is 0 Å². The highest BCUT2D eigenvalue weighted by atomic mass is 16.4. The Morgan fingerprint density at radius 3 is 0.500 bits per heavy atom. The van der Waals surface area contributed by atoms with Gasteiger partial charge in [-0.1, -0.05) is 89.9 Å². The number of rotatable bonds is 24. The first-order valence-corrected chi connectivity index (χ1v) is 13.1. The van der Waals surface area contributed by atoms with Crippen molar-refractivity contribution in [2.24, 2.45) is 0 Å². The lowest BCUT2D eigenvalue weighted by atomic mass is 10.1. The van der Waals surface area contributed by atoms with Crippen molar-refractivity contribution in [1.29, 1.82) is 0 Å². The zero-order valence-electron chi connectivity index (χ0n) is 21.0. The van der Waals surface area contributed by atoms with Gasteiger partial charge in [0.1, 0.15) is 0 Å². The minimum Gasteiger partial charge on any atom is -0.481 e. The van der Waals surface area contributed by atoms with Gasteiger partial charge in [-0.25, -0.2) is 0 Å². The number of aliphatic carboxylic acids is 4. The molecular formula is C26H48O8. The Kier molecular flexibility index (Phi) is 27.2. The molecule has 0 aromatic heterocycles. The van der Waals surface area contributed by atoms with E-state index < -0.39 is 23.9 Å². The van der Waals surface area contributed by atoms with Gasteiger partial charge in [-0.2, -0.15) is 0 Å². The molecule has 0 unspecified atom stereocenters. The number of hydrogen-bond donors (Lipinski definition) is 4. The second-order valence-electron chi connectivity index (χ2n) is 8.94. The molecule has 0 saturated carbocycles. The monoisotopic (exact) mass is 488 g/mol. The van der Waals surface area contributed by atoms with Crippen molar-refractivity contribution in [2.75, 3.05) is 0 Å². The number of unbranched alkanes of at least 4 members (excludes halogenated alkanes) is 16.